The van der Waals surface area contributed by atoms with E-state index in [1.165, 1.54) is 17.2 Å². The molecular formula is C25H38O5. The number of aliphatic hydroxyl groups excluding tert-OH is 2. The normalized spacial score (nSPS) is 29.2. The van der Waals surface area contributed by atoms with Crippen molar-refractivity contribution in [2.24, 2.45) is 10.8 Å². The maximum absolute atomic E-state index is 12.5. The second-order valence-electron chi connectivity index (χ2n) is 9.65. The van der Waals surface area contributed by atoms with Gasteiger partial charge in [-0.1, -0.05) is 37.1 Å². The second kappa shape index (κ2) is 10.1. The Morgan fingerprint density at radius 1 is 1.13 bits per heavy atom. The van der Waals surface area contributed by atoms with Crippen LogP contribution >= 0.6 is 0 Å². The van der Waals surface area contributed by atoms with Gasteiger partial charge in [-0.3, -0.25) is 4.79 Å². The molecule has 2 N–H and O–H groups in total. The lowest BCUT2D eigenvalue weighted by molar-refractivity contribution is -0.151. The summed E-state index contributed by atoms with van der Waals surface area (Å²) in [7, 11) is 0. The third kappa shape index (κ3) is 5.50. The Balaban J connectivity index is 1.81. The van der Waals surface area contributed by atoms with Gasteiger partial charge < -0.3 is 14.9 Å². The monoisotopic (exact) mass is 418 g/mol. The standard InChI is InChI=1S/C25H38O5/c1-17(10-7-11-20-16-22(28)30-23(20)29)8-6-9-18(2)12-15-25(19(3)26)21(27)13-14-24(25,4)5/h9-10,16,21,23,27,29H,6-8,11-15H2,1-5H3/b17-10+,18-9+/t21-,23+,25-/m1/s1. The zero-order valence-electron chi connectivity index (χ0n) is 19.2. The molecule has 5 heteroatoms. The van der Waals surface area contributed by atoms with Gasteiger partial charge in [0.25, 0.3) is 0 Å². The Kier molecular flexibility index (Phi) is 8.23. The number of esters is 1. The number of ketones is 1. The molecule has 1 aliphatic carbocycles. The molecule has 0 radical (unpaired) electrons. The molecule has 0 amide bonds. The molecule has 0 bridgehead atoms. The molecule has 3 atom stereocenters. The smallest absolute Gasteiger partial charge is 0.333 e. The predicted octanol–water partition coefficient (Wildman–Crippen LogP) is 4.78. The van der Waals surface area contributed by atoms with E-state index in [1.54, 1.807) is 6.92 Å². The van der Waals surface area contributed by atoms with Crippen molar-refractivity contribution in [3.63, 3.8) is 0 Å². The van der Waals surface area contributed by atoms with Crippen molar-refractivity contribution in [3.05, 3.63) is 34.9 Å². The van der Waals surface area contributed by atoms with Crippen LogP contribution in [0.4, 0.5) is 0 Å². The number of hydrogen-bond acceptors (Lipinski definition) is 5. The number of carbonyl (C=O) groups is 2. The van der Waals surface area contributed by atoms with E-state index in [9.17, 15) is 19.8 Å². The maximum atomic E-state index is 12.5. The van der Waals surface area contributed by atoms with Gasteiger partial charge in [0.05, 0.1) is 11.5 Å². The summed E-state index contributed by atoms with van der Waals surface area (Å²) in [6.07, 6.45) is 10.5. The molecule has 1 heterocycles. The van der Waals surface area contributed by atoms with E-state index in [0.717, 1.165) is 32.1 Å². The van der Waals surface area contributed by atoms with Crippen LogP contribution in [0.1, 0.15) is 86.0 Å². The summed E-state index contributed by atoms with van der Waals surface area (Å²) in [4.78, 5) is 23.6. The minimum absolute atomic E-state index is 0.110. The Labute approximate surface area is 180 Å². The molecule has 2 rings (SSSR count). The Hall–Kier alpha value is -1.72. The topological polar surface area (TPSA) is 83.8 Å². The maximum Gasteiger partial charge on any atom is 0.333 e. The van der Waals surface area contributed by atoms with Gasteiger partial charge in [-0.15, -0.1) is 0 Å². The van der Waals surface area contributed by atoms with Gasteiger partial charge >= 0.3 is 5.97 Å². The number of aliphatic hydroxyl groups is 2. The molecule has 0 saturated heterocycles. The zero-order chi connectivity index (χ0) is 22.5. The van der Waals surface area contributed by atoms with Crippen molar-refractivity contribution in [1.82, 2.24) is 0 Å². The quantitative estimate of drug-likeness (QED) is 0.394. The molecule has 2 aliphatic rings. The van der Waals surface area contributed by atoms with Gasteiger partial charge in [-0.2, -0.15) is 0 Å². The first kappa shape index (κ1) is 24.5. The SMILES string of the molecule is CC(=O)[C@]1(CC/C(C)=C/CC/C(C)=C/CCC2=CC(=O)O[C@@H]2O)[C@H](O)CCC1(C)C. The average Bonchev–Trinajstić information content (AvgIpc) is 3.08. The summed E-state index contributed by atoms with van der Waals surface area (Å²) in [5.41, 5.74) is 2.36. The van der Waals surface area contributed by atoms with E-state index in [0.29, 0.717) is 24.8 Å². The lowest BCUT2D eigenvalue weighted by Gasteiger charge is -2.42. The number of cyclic esters (lactones) is 1. The summed E-state index contributed by atoms with van der Waals surface area (Å²) >= 11 is 0. The lowest BCUT2D eigenvalue weighted by atomic mass is 9.62. The number of ether oxygens (including phenoxy) is 1. The van der Waals surface area contributed by atoms with Gasteiger partial charge in [0.1, 0.15) is 5.78 Å². The summed E-state index contributed by atoms with van der Waals surface area (Å²) in [6, 6.07) is 0. The molecule has 0 aromatic rings. The molecule has 1 aliphatic heterocycles. The summed E-state index contributed by atoms with van der Waals surface area (Å²) in [5, 5.41) is 20.2. The predicted molar refractivity (Wildman–Crippen MR) is 118 cm³/mol. The molecule has 5 nitrogen and oxygen atoms in total. The van der Waals surface area contributed by atoms with E-state index in [4.69, 9.17) is 0 Å². The molecule has 0 unspecified atom stereocenters. The van der Waals surface area contributed by atoms with Crippen molar-refractivity contribution < 1.29 is 24.5 Å². The largest absolute Gasteiger partial charge is 0.429 e. The van der Waals surface area contributed by atoms with E-state index >= 15 is 0 Å². The van der Waals surface area contributed by atoms with Crippen LogP contribution in [0.3, 0.4) is 0 Å². The van der Waals surface area contributed by atoms with Gasteiger partial charge in [0.15, 0.2) is 0 Å². The summed E-state index contributed by atoms with van der Waals surface area (Å²) in [6.45, 7) is 10.0. The Morgan fingerprint density at radius 2 is 1.77 bits per heavy atom. The van der Waals surface area contributed by atoms with Crippen LogP contribution < -0.4 is 0 Å². The van der Waals surface area contributed by atoms with Crippen molar-refractivity contribution in [3.8, 4) is 0 Å². The fourth-order valence-corrected chi connectivity index (χ4v) is 5.08. The third-order valence-corrected chi connectivity index (χ3v) is 7.17. The minimum atomic E-state index is -1.08. The van der Waals surface area contributed by atoms with Crippen LogP contribution in [0, 0.1) is 10.8 Å². The average molecular weight is 419 g/mol. The molecular weight excluding hydrogens is 380 g/mol. The van der Waals surface area contributed by atoms with Crippen molar-refractivity contribution in [1.29, 1.82) is 0 Å². The van der Waals surface area contributed by atoms with Crippen LogP contribution in [0.25, 0.3) is 0 Å². The van der Waals surface area contributed by atoms with Gasteiger partial charge in [0.2, 0.25) is 6.29 Å². The first-order valence-corrected chi connectivity index (χ1v) is 11.1. The molecule has 1 saturated carbocycles. The third-order valence-electron chi connectivity index (χ3n) is 7.17. The highest BCUT2D eigenvalue weighted by molar-refractivity contribution is 5.85. The molecule has 0 aromatic carbocycles. The number of allylic oxidation sites excluding steroid dienone is 4. The highest BCUT2D eigenvalue weighted by Gasteiger charge is 2.57. The first-order valence-electron chi connectivity index (χ1n) is 11.1. The highest BCUT2D eigenvalue weighted by atomic mass is 16.6. The van der Waals surface area contributed by atoms with Gasteiger partial charge in [-0.25, -0.2) is 4.79 Å². The van der Waals surface area contributed by atoms with Crippen LogP contribution in [0.2, 0.25) is 0 Å². The number of Topliss-reactive ketones (excluding diaryl/α,β-unsaturated/α-hetero) is 1. The number of rotatable bonds is 10. The molecule has 0 spiro atoms. The fraction of sp³-hybridized carbons (Fsp3) is 0.680. The minimum Gasteiger partial charge on any atom is -0.429 e. The van der Waals surface area contributed by atoms with Crippen LogP contribution in [-0.4, -0.2) is 34.4 Å². The second-order valence-corrected chi connectivity index (χ2v) is 9.65. The summed E-state index contributed by atoms with van der Waals surface area (Å²) in [5.74, 6) is -0.363. The van der Waals surface area contributed by atoms with Crippen LogP contribution in [-0.2, 0) is 14.3 Å². The van der Waals surface area contributed by atoms with E-state index in [2.05, 4.69) is 44.6 Å². The Bertz CT molecular complexity index is 743. The van der Waals surface area contributed by atoms with E-state index in [-0.39, 0.29) is 11.2 Å². The molecule has 168 valence electrons. The van der Waals surface area contributed by atoms with Crippen molar-refractivity contribution in [2.75, 3.05) is 0 Å². The lowest BCUT2D eigenvalue weighted by Crippen LogP contribution is -2.46. The molecule has 1 fully saturated rings. The van der Waals surface area contributed by atoms with Crippen LogP contribution in [0.15, 0.2) is 34.9 Å². The zero-order valence-corrected chi connectivity index (χ0v) is 19.2. The summed E-state index contributed by atoms with van der Waals surface area (Å²) < 4.78 is 4.68. The molecule has 30 heavy (non-hydrogen) atoms. The van der Waals surface area contributed by atoms with E-state index in [1.807, 2.05) is 0 Å². The van der Waals surface area contributed by atoms with E-state index < -0.39 is 23.8 Å². The fourth-order valence-electron chi connectivity index (χ4n) is 5.08. The first-order chi connectivity index (χ1) is 14.0. The van der Waals surface area contributed by atoms with Gasteiger partial charge in [0, 0.05) is 11.6 Å². The van der Waals surface area contributed by atoms with Gasteiger partial charge in [-0.05, 0) is 77.6 Å². The number of hydrogen-bond donors (Lipinski definition) is 2. The van der Waals surface area contributed by atoms with Crippen molar-refractivity contribution >= 4 is 11.8 Å². The van der Waals surface area contributed by atoms with Crippen molar-refractivity contribution in [2.45, 2.75) is 98.4 Å². The highest BCUT2D eigenvalue weighted by Crippen LogP contribution is 2.56. The van der Waals surface area contributed by atoms with Crippen LogP contribution in [0.5, 0.6) is 0 Å². The Morgan fingerprint density at radius 3 is 2.30 bits per heavy atom. The molecule has 0 aromatic heterocycles. The number of carbonyl (C=O) groups excluding carboxylic acids is 2.